The molecule has 0 bridgehead atoms. The van der Waals surface area contributed by atoms with E-state index < -0.39 is 0 Å². The molecular formula is C16H14N2O3. The summed E-state index contributed by atoms with van der Waals surface area (Å²) < 4.78 is 10.4. The highest BCUT2D eigenvalue weighted by molar-refractivity contribution is 5.99. The number of amides is 1. The van der Waals surface area contributed by atoms with Gasteiger partial charge in [-0.2, -0.15) is 0 Å². The molecule has 1 aromatic heterocycles. The molecule has 0 saturated carbocycles. The van der Waals surface area contributed by atoms with E-state index in [1.54, 1.807) is 19.2 Å². The maximum atomic E-state index is 11.9. The molecular weight excluding hydrogens is 268 g/mol. The molecule has 0 fully saturated rings. The van der Waals surface area contributed by atoms with E-state index in [1.807, 2.05) is 36.4 Å². The molecule has 1 heterocycles. The van der Waals surface area contributed by atoms with Crippen molar-refractivity contribution in [3.05, 3.63) is 60.6 Å². The van der Waals surface area contributed by atoms with Crippen LogP contribution in [0, 0.1) is 0 Å². The Morgan fingerprint density at radius 2 is 1.95 bits per heavy atom. The van der Waals surface area contributed by atoms with E-state index in [0.717, 1.165) is 10.8 Å². The summed E-state index contributed by atoms with van der Waals surface area (Å²) in [6, 6.07) is 14.9. The summed E-state index contributed by atoms with van der Waals surface area (Å²) in [4.78, 5) is 11.9. The number of hydrogen-bond donors (Lipinski definition) is 2. The molecule has 21 heavy (non-hydrogen) atoms. The minimum Gasteiger partial charge on any atom is -0.494 e. The van der Waals surface area contributed by atoms with Crippen molar-refractivity contribution in [1.82, 2.24) is 5.43 Å². The molecule has 0 aliphatic rings. The number of methoxy groups -OCH3 is 1. The van der Waals surface area contributed by atoms with Crippen molar-refractivity contribution >= 4 is 22.4 Å². The van der Waals surface area contributed by atoms with Gasteiger partial charge in [-0.1, -0.05) is 30.3 Å². The summed E-state index contributed by atoms with van der Waals surface area (Å²) in [5, 5.41) is 2.00. The first kappa shape index (κ1) is 13.1. The lowest BCUT2D eigenvalue weighted by Gasteiger charge is -2.14. The van der Waals surface area contributed by atoms with Crippen LogP contribution in [-0.2, 0) is 0 Å². The number of furan rings is 1. The van der Waals surface area contributed by atoms with E-state index >= 15 is 0 Å². The Labute approximate surface area is 121 Å². The fourth-order valence-corrected chi connectivity index (χ4v) is 2.14. The monoisotopic (exact) mass is 282 g/mol. The number of nitrogens with one attached hydrogen (secondary N) is 2. The molecule has 2 aromatic carbocycles. The second-order valence-corrected chi connectivity index (χ2v) is 4.42. The maximum absolute atomic E-state index is 11.9. The van der Waals surface area contributed by atoms with Crippen molar-refractivity contribution in [1.29, 1.82) is 0 Å². The highest BCUT2D eigenvalue weighted by atomic mass is 16.5. The minimum absolute atomic E-state index is 0.238. The number of carbonyl (C=O) groups excluding carboxylic acids is 1. The number of carbonyl (C=O) groups is 1. The van der Waals surface area contributed by atoms with Gasteiger partial charge < -0.3 is 9.15 Å². The van der Waals surface area contributed by atoms with Crippen molar-refractivity contribution in [3.63, 3.8) is 0 Å². The summed E-state index contributed by atoms with van der Waals surface area (Å²) in [5.74, 6) is 0.533. The van der Waals surface area contributed by atoms with E-state index in [2.05, 4.69) is 10.9 Å². The molecule has 0 unspecified atom stereocenters. The van der Waals surface area contributed by atoms with E-state index in [1.165, 1.54) is 6.26 Å². The Bertz CT molecular complexity index is 766. The lowest BCUT2D eigenvalue weighted by Crippen LogP contribution is -2.29. The van der Waals surface area contributed by atoms with Crippen LogP contribution in [0.5, 0.6) is 5.75 Å². The van der Waals surface area contributed by atoms with E-state index in [-0.39, 0.29) is 11.7 Å². The van der Waals surface area contributed by atoms with Crippen LogP contribution >= 0.6 is 0 Å². The van der Waals surface area contributed by atoms with Crippen molar-refractivity contribution in [3.8, 4) is 5.75 Å². The second kappa shape index (κ2) is 5.58. The normalized spacial score (nSPS) is 10.3. The highest BCUT2D eigenvalue weighted by Crippen LogP contribution is 2.32. The zero-order valence-electron chi connectivity index (χ0n) is 11.4. The zero-order chi connectivity index (χ0) is 14.7. The SMILES string of the molecule is COc1ccc2ccccc2c1NNC(=O)c1ccco1. The standard InChI is InChI=1S/C16H14N2O3/c1-20-13-9-8-11-5-2-3-6-12(11)15(13)17-18-16(19)14-7-4-10-21-14/h2-10,17H,1H3,(H,18,19). The topological polar surface area (TPSA) is 63.5 Å². The molecule has 0 atom stereocenters. The molecule has 0 saturated heterocycles. The number of rotatable bonds is 4. The van der Waals surface area contributed by atoms with Gasteiger partial charge in [0.15, 0.2) is 5.76 Å². The van der Waals surface area contributed by atoms with Gasteiger partial charge in [0.2, 0.25) is 0 Å². The highest BCUT2D eigenvalue weighted by Gasteiger charge is 2.11. The van der Waals surface area contributed by atoms with Crippen LogP contribution in [0.3, 0.4) is 0 Å². The summed E-state index contributed by atoms with van der Waals surface area (Å²) in [6.45, 7) is 0. The lowest BCUT2D eigenvalue weighted by atomic mass is 10.1. The smallest absolute Gasteiger partial charge is 0.305 e. The fourth-order valence-electron chi connectivity index (χ4n) is 2.14. The van der Waals surface area contributed by atoms with Gasteiger partial charge in [-0.15, -0.1) is 0 Å². The Hall–Kier alpha value is -2.95. The van der Waals surface area contributed by atoms with Gasteiger partial charge in [-0.25, -0.2) is 0 Å². The molecule has 106 valence electrons. The van der Waals surface area contributed by atoms with Crippen LogP contribution in [0.1, 0.15) is 10.6 Å². The maximum Gasteiger partial charge on any atom is 0.305 e. The summed E-state index contributed by atoms with van der Waals surface area (Å²) in [7, 11) is 1.59. The minimum atomic E-state index is -0.352. The largest absolute Gasteiger partial charge is 0.494 e. The predicted octanol–water partition coefficient (Wildman–Crippen LogP) is 3.20. The van der Waals surface area contributed by atoms with E-state index in [4.69, 9.17) is 9.15 Å². The van der Waals surface area contributed by atoms with Crippen LogP contribution in [0.2, 0.25) is 0 Å². The number of benzene rings is 2. The zero-order valence-corrected chi connectivity index (χ0v) is 11.4. The predicted molar refractivity (Wildman–Crippen MR) is 80.3 cm³/mol. The molecule has 5 heteroatoms. The first-order valence-electron chi connectivity index (χ1n) is 6.45. The number of fused-ring (bicyclic) bond motifs is 1. The third kappa shape index (κ3) is 2.53. The van der Waals surface area contributed by atoms with Gasteiger partial charge in [0, 0.05) is 5.39 Å². The fraction of sp³-hybridized carbons (Fsp3) is 0.0625. The first-order chi connectivity index (χ1) is 10.3. The third-order valence-electron chi connectivity index (χ3n) is 3.16. The van der Waals surface area contributed by atoms with Crippen molar-refractivity contribution in [2.75, 3.05) is 12.5 Å². The van der Waals surface area contributed by atoms with Gasteiger partial charge in [-0.3, -0.25) is 15.6 Å². The summed E-state index contributed by atoms with van der Waals surface area (Å²) in [5.41, 5.74) is 6.22. The molecule has 1 amide bonds. The van der Waals surface area contributed by atoms with Crippen molar-refractivity contribution < 1.29 is 13.9 Å². The van der Waals surface area contributed by atoms with Gasteiger partial charge in [-0.05, 0) is 23.6 Å². The number of hydrogen-bond acceptors (Lipinski definition) is 4. The number of ether oxygens (including phenoxy) is 1. The van der Waals surface area contributed by atoms with Crippen molar-refractivity contribution in [2.24, 2.45) is 0 Å². The van der Waals surface area contributed by atoms with E-state index in [0.29, 0.717) is 11.4 Å². The van der Waals surface area contributed by atoms with Crippen LogP contribution < -0.4 is 15.6 Å². The second-order valence-electron chi connectivity index (χ2n) is 4.42. The van der Waals surface area contributed by atoms with Crippen LogP contribution in [0.15, 0.2) is 59.2 Å². The van der Waals surface area contributed by atoms with Gasteiger partial charge in [0.1, 0.15) is 11.4 Å². The molecule has 2 N–H and O–H groups in total. The van der Waals surface area contributed by atoms with E-state index in [9.17, 15) is 4.79 Å². The molecule has 3 rings (SSSR count). The molecule has 0 aliphatic heterocycles. The van der Waals surface area contributed by atoms with Gasteiger partial charge >= 0.3 is 5.91 Å². The number of hydrazine groups is 1. The Kier molecular flexibility index (Phi) is 3.47. The van der Waals surface area contributed by atoms with Crippen molar-refractivity contribution in [2.45, 2.75) is 0 Å². The van der Waals surface area contributed by atoms with Gasteiger partial charge in [0.05, 0.1) is 13.4 Å². The van der Waals surface area contributed by atoms with Crippen LogP contribution in [-0.4, -0.2) is 13.0 Å². The van der Waals surface area contributed by atoms with Crippen LogP contribution in [0.4, 0.5) is 5.69 Å². The Balaban J connectivity index is 1.90. The molecule has 0 aliphatic carbocycles. The summed E-state index contributed by atoms with van der Waals surface area (Å²) >= 11 is 0. The quantitative estimate of drug-likeness (QED) is 0.721. The van der Waals surface area contributed by atoms with Gasteiger partial charge in [0.25, 0.3) is 0 Å². The molecule has 5 nitrogen and oxygen atoms in total. The molecule has 0 spiro atoms. The average Bonchev–Trinajstić information content (AvgIpc) is 3.06. The first-order valence-corrected chi connectivity index (χ1v) is 6.45. The number of anilines is 1. The van der Waals surface area contributed by atoms with Crippen LogP contribution in [0.25, 0.3) is 10.8 Å². The summed E-state index contributed by atoms with van der Waals surface area (Å²) in [6.07, 6.45) is 1.45. The molecule has 0 radical (unpaired) electrons. The Morgan fingerprint density at radius 3 is 2.71 bits per heavy atom. The third-order valence-corrected chi connectivity index (χ3v) is 3.16. The lowest BCUT2D eigenvalue weighted by molar-refractivity contribution is 0.0935. The molecule has 3 aromatic rings. The Morgan fingerprint density at radius 1 is 1.10 bits per heavy atom. The average molecular weight is 282 g/mol.